The van der Waals surface area contributed by atoms with Crippen molar-refractivity contribution in [1.29, 1.82) is 0 Å². The predicted octanol–water partition coefficient (Wildman–Crippen LogP) is 1.32. The summed E-state index contributed by atoms with van der Waals surface area (Å²) in [5, 5.41) is 8.75. The van der Waals surface area contributed by atoms with Crippen molar-refractivity contribution in [3.63, 3.8) is 0 Å². The van der Waals surface area contributed by atoms with Crippen LogP contribution in [0.1, 0.15) is 24.4 Å². The van der Waals surface area contributed by atoms with Crippen molar-refractivity contribution in [1.82, 2.24) is 0 Å². The summed E-state index contributed by atoms with van der Waals surface area (Å²) >= 11 is 0. The highest BCUT2D eigenvalue weighted by atomic mass is 16.5. The molecule has 0 saturated heterocycles. The van der Waals surface area contributed by atoms with Gasteiger partial charge in [0.15, 0.2) is 11.5 Å². The number of hydrogen-bond acceptors (Lipinski definition) is 4. The number of nitrogens with two attached hydrogens (primary N) is 1. The van der Waals surface area contributed by atoms with Crippen LogP contribution in [-0.4, -0.2) is 24.3 Å². The van der Waals surface area contributed by atoms with Gasteiger partial charge < -0.3 is 20.3 Å². The molecule has 0 bridgehead atoms. The number of fused-ring (bicyclic) bond motifs is 1. The lowest BCUT2D eigenvalue weighted by atomic mass is 10.0. The zero-order valence-corrected chi connectivity index (χ0v) is 9.39. The van der Waals surface area contributed by atoms with Crippen LogP contribution in [0.3, 0.4) is 0 Å². The average Bonchev–Trinajstić information content (AvgIpc) is 2.52. The maximum atomic E-state index is 10.7. The van der Waals surface area contributed by atoms with Gasteiger partial charge in [-0.25, -0.2) is 0 Å². The van der Waals surface area contributed by atoms with E-state index in [1.807, 2.05) is 0 Å². The van der Waals surface area contributed by atoms with Gasteiger partial charge in [0.05, 0.1) is 19.6 Å². The van der Waals surface area contributed by atoms with Gasteiger partial charge in [0.25, 0.3) is 0 Å². The number of benzene rings is 1. The van der Waals surface area contributed by atoms with Crippen molar-refractivity contribution in [3.8, 4) is 11.5 Å². The maximum Gasteiger partial charge on any atom is 0.305 e. The Morgan fingerprint density at radius 2 is 2.18 bits per heavy atom. The lowest BCUT2D eigenvalue weighted by Gasteiger charge is -2.16. The minimum atomic E-state index is -0.926. The maximum absolute atomic E-state index is 10.7. The van der Waals surface area contributed by atoms with Crippen molar-refractivity contribution in [2.45, 2.75) is 18.9 Å². The molecule has 0 aliphatic carbocycles. The molecular formula is C12H15NO4. The van der Waals surface area contributed by atoms with E-state index in [1.54, 1.807) is 18.2 Å². The number of ether oxygens (including phenoxy) is 2. The topological polar surface area (TPSA) is 81.8 Å². The van der Waals surface area contributed by atoms with Gasteiger partial charge >= 0.3 is 5.97 Å². The number of carboxylic acid groups (broad SMARTS) is 1. The van der Waals surface area contributed by atoms with Crippen LogP contribution in [-0.2, 0) is 4.79 Å². The molecule has 1 unspecified atom stereocenters. The molecule has 17 heavy (non-hydrogen) atoms. The number of aliphatic carboxylic acids is 1. The fraction of sp³-hybridized carbons (Fsp3) is 0.417. The van der Waals surface area contributed by atoms with Crippen molar-refractivity contribution in [3.05, 3.63) is 23.8 Å². The second-order valence-corrected chi connectivity index (χ2v) is 3.93. The average molecular weight is 237 g/mol. The fourth-order valence-corrected chi connectivity index (χ4v) is 1.81. The quantitative estimate of drug-likeness (QED) is 0.828. The smallest absolute Gasteiger partial charge is 0.305 e. The van der Waals surface area contributed by atoms with Crippen LogP contribution in [0.2, 0.25) is 0 Å². The molecule has 1 aliphatic rings. The summed E-state index contributed by atoms with van der Waals surface area (Å²) in [6.07, 6.45) is 0.683. The summed E-state index contributed by atoms with van der Waals surface area (Å²) in [4.78, 5) is 10.7. The molecule has 5 heteroatoms. The molecule has 1 atom stereocenters. The highest BCUT2D eigenvalue weighted by molar-refractivity contribution is 5.68. The van der Waals surface area contributed by atoms with E-state index in [1.165, 1.54) is 0 Å². The van der Waals surface area contributed by atoms with E-state index >= 15 is 0 Å². The third-order valence-corrected chi connectivity index (χ3v) is 2.60. The summed E-state index contributed by atoms with van der Waals surface area (Å²) in [5.41, 5.74) is 6.54. The normalized spacial score (nSPS) is 16.1. The number of carboxylic acids is 1. The van der Waals surface area contributed by atoms with Crippen LogP contribution in [0.4, 0.5) is 0 Å². The number of para-hydroxylation sites is 1. The molecule has 0 saturated carbocycles. The molecule has 5 nitrogen and oxygen atoms in total. The highest BCUT2D eigenvalue weighted by Crippen LogP contribution is 2.36. The Balaban J connectivity index is 2.30. The van der Waals surface area contributed by atoms with Gasteiger partial charge in [0.1, 0.15) is 0 Å². The fourth-order valence-electron chi connectivity index (χ4n) is 1.81. The first kappa shape index (κ1) is 11.7. The molecule has 2 rings (SSSR count). The molecule has 1 heterocycles. The van der Waals surface area contributed by atoms with Crippen molar-refractivity contribution < 1.29 is 19.4 Å². The molecular weight excluding hydrogens is 222 g/mol. The van der Waals surface area contributed by atoms with Gasteiger partial charge in [-0.05, 0) is 6.07 Å². The SMILES string of the molecule is NC(CC(=O)O)c1cccc2c1OCCCO2. The highest BCUT2D eigenvalue weighted by Gasteiger charge is 2.20. The van der Waals surface area contributed by atoms with Crippen molar-refractivity contribution >= 4 is 5.97 Å². The van der Waals surface area contributed by atoms with Gasteiger partial charge in [-0.15, -0.1) is 0 Å². The standard InChI is InChI=1S/C12H15NO4/c13-9(7-11(14)15)8-3-1-4-10-12(8)17-6-2-5-16-10/h1,3-4,9H,2,5-7,13H2,(H,14,15). The Kier molecular flexibility index (Phi) is 3.49. The number of hydrogen-bond donors (Lipinski definition) is 2. The largest absolute Gasteiger partial charge is 0.490 e. The van der Waals surface area contributed by atoms with Crippen LogP contribution in [0, 0.1) is 0 Å². The van der Waals surface area contributed by atoms with Crippen LogP contribution < -0.4 is 15.2 Å². The molecule has 1 aromatic carbocycles. The first-order valence-corrected chi connectivity index (χ1v) is 5.54. The molecule has 0 amide bonds. The molecule has 0 radical (unpaired) electrons. The first-order valence-electron chi connectivity index (χ1n) is 5.54. The molecule has 0 aromatic heterocycles. The van der Waals surface area contributed by atoms with Crippen molar-refractivity contribution in [2.24, 2.45) is 5.73 Å². The van der Waals surface area contributed by atoms with E-state index in [2.05, 4.69) is 0 Å². The molecule has 0 spiro atoms. The minimum absolute atomic E-state index is 0.125. The van der Waals surface area contributed by atoms with Gasteiger partial charge in [-0.3, -0.25) is 4.79 Å². The van der Waals surface area contributed by atoms with E-state index in [0.717, 1.165) is 6.42 Å². The van der Waals surface area contributed by atoms with E-state index in [4.69, 9.17) is 20.3 Å². The van der Waals surface area contributed by atoms with Gasteiger partial charge in [0, 0.05) is 18.0 Å². The van der Waals surface area contributed by atoms with Gasteiger partial charge in [-0.2, -0.15) is 0 Å². The van der Waals surface area contributed by atoms with E-state index in [0.29, 0.717) is 30.3 Å². The zero-order chi connectivity index (χ0) is 12.3. The Hall–Kier alpha value is -1.75. The Labute approximate surface area is 99.1 Å². The molecule has 92 valence electrons. The number of rotatable bonds is 3. The minimum Gasteiger partial charge on any atom is -0.490 e. The predicted molar refractivity (Wildman–Crippen MR) is 61.2 cm³/mol. The van der Waals surface area contributed by atoms with Crippen molar-refractivity contribution in [2.75, 3.05) is 13.2 Å². The van der Waals surface area contributed by atoms with Crippen LogP contribution in [0.15, 0.2) is 18.2 Å². The monoisotopic (exact) mass is 237 g/mol. The number of carbonyl (C=O) groups is 1. The molecule has 1 aliphatic heterocycles. The third-order valence-electron chi connectivity index (χ3n) is 2.60. The Morgan fingerprint density at radius 1 is 1.41 bits per heavy atom. The second-order valence-electron chi connectivity index (χ2n) is 3.93. The first-order chi connectivity index (χ1) is 8.18. The van der Waals surface area contributed by atoms with Gasteiger partial charge in [-0.1, -0.05) is 12.1 Å². The zero-order valence-electron chi connectivity index (χ0n) is 9.39. The van der Waals surface area contributed by atoms with E-state index in [9.17, 15) is 4.79 Å². The van der Waals surface area contributed by atoms with E-state index in [-0.39, 0.29) is 6.42 Å². The second kappa shape index (κ2) is 5.05. The summed E-state index contributed by atoms with van der Waals surface area (Å²) in [6, 6.07) is 4.80. The third kappa shape index (κ3) is 2.68. The summed E-state index contributed by atoms with van der Waals surface area (Å²) in [7, 11) is 0. The summed E-state index contributed by atoms with van der Waals surface area (Å²) < 4.78 is 11.1. The summed E-state index contributed by atoms with van der Waals surface area (Å²) in [5.74, 6) is 0.296. The molecule has 3 N–H and O–H groups in total. The Bertz CT molecular complexity index is 419. The van der Waals surface area contributed by atoms with Gasteiger partial charge in [0.2, 0.25) is 0 Å². The van der Waals surface area contributed by atoms with E-state index < -0.39 is 12.0 Å². The van der Waals surface area contributed by atoms with Crippen LogP contribution >= 0.6 is 0 Å². The summed E-state index contributed by atoms with van der Waals surface area (Å²) in [6.45, 7) is 1.16. The lowest BCUT2D eigenvalue weighted by Crippen LogP contribution is -2.16. The van der Waals surface area contributed by atoms with Crippen LogP contribution in [0.5, 0.6) is 11.5 Å². The molecule has 0 fully saturated rings. The lowest BCUT2D eigenvalue weighted by molar-refractivity contribution is -0.137. The van der Waals surface area contributed by atoms with Crippen LogP contribution in [0.25, 0.3) is 0 Å². The Morgan fingerprint density at radius 3 is 2.94 bits per heavy atom. The molecule has 1 aromatic rings.